The third-order valence-electron chi connectivity index (χ3n) is 4.03. The summed E-state index contributed by atoms with van der Waals surface area (Å²) >= 11 is 3.45. The number of carbonyl (C=O) groups is 1. The van der Waals surface area contributed by atoms with Gasteiger partial charge in [-0.3, -0.25) is 4.79 Å². The maximum absolute atomic E-state index is 12.0. The highest BCUT2D eigenvalue weighted by molar-refractivity contribution is 9.10. The minimum absolute atomic E-state index is 0.179. The molecule has 0 radical (unpaired) electrons. The molecule has 0 saturated heterocycles. The third kappa shape index (κ3) is 4.91. The van der Waals surface area contributed by atoms with Gasteiger partial charge >= 0.3 is 0 Å². The smallest absolute Gasteiger partial charge is 0.220 e. The van der Waals surface area contributed by atoms with E-state index in [9.17, 15) is 4.79 Å². The lowest BCUT2D eigenvalue weighted by Crippen LogP contribution is -2.41. The van der Waals surface area contributed by atoms with Crippen LogP contribution in [-0.4, -0.2) is 25.0 Å². The van der Waals surface area contributed by atoms with E-state index in [1.807, 2.05) is 19.2 Å². The van der Waals surface area contributed by atoms with Crippen molar-refractivity contribution in [1.82, 2.24) is 10.6 Å². The van der Waals surface area contributed by atoms with Crippen molar-refractivity contribution in [2.75, 3.05) is 7.05 Å². The summed E-state index contributed by atoms with van der Waals surface area (Å²) in [5, 5.41) is 6.48. The predicted molar refractivity (Wildman–Crippen MR) is 85.7 cm³/mol. The van der Waals surface area contributed by atoms with Gasteiger partial charge < -0.3 is 10.6 Å². The maximum atomic E-state index is 12.0. The van der Waals surface area contributed by atoms with Gasteiger partial charge in [0.15, 0.2) is 0 Å². The maximum Gasteiger partial charge on any atom is 0.220 e. The Labute approximate surface area is 129 Å². The van der Waals surface area contributed by atoms with Gasteiger partial charge in [-0.1, -0.05) is 28.1 Å². The van der Waals surface area contributed by atoms with Crippen molar-refractivity contribution in [2.45, 2.75) is 50.6 Å². The van der Waals surface area contributed by atoms with E-state index in [2.05, 4.69) is 38.7 Å². The molecule has 1 aromatic rings. The van der Waals surface area contributed by atoms with Crippen molar-refractivity contribution in [2.24, 2.45) is 0 Å². The Morgan fingerprint density at radius 2 is 1.95 bits per heavy atom. The standard InChI is InChI=1S/C16H23BrN2O/c1-18-14-6-8-15(9-7-14)19-16(20)10-5-12-3-2-4-13(17)11-12/h2-4,11,14-15,18H,5-10H2,1H3,(H,19,20). The highest BCUT2D eigenvalue weighted by atomic mass is 79.9. The molecule has 1 aromatic carbocycles. The van der Waals surface area contributed by atoms with Gasteiger partial charge in [-0.05, 0) is 56.8 Å². The Hall–Kier alpha value is -0.870. The van der Waals surface area contributed by atoms with E-state index < -0.39 is 0 Å². The summed E-state index contributed by atoms with van der Waals surface area (Å²) < 4.78 is 1.07. The average molecular weight is 339 g/mol. The lowest BCUT2D eigenvalue weighted by Gasteiger charge is -2.28. The molecule has 1 aliphatic carbocycles. The van der Waals surface area contributed by atoms with Crippen molar-refractivity contribution in [1.29, 1.82) is 0 Å². The summed E-state index contributed by atoms with van der Waals surface area (Å²) in [6.45, 7) is 0. The van der Waals surface area contributed by atoms with Gasteiger partial charge in [0.1, 0.15) is 0 Å². The number of nitrogens with one attached hydrogen (secondary N) is 2. The number of halogens is 1. The number of hydrogen-bond acceptors (Lipinski definition) is 2. The number of hydrogen-bond donors (Lipinski definition) is 2. The molecule has 0 aliphatic heterocycles. The molecule has 1 saturated carbocycles. The van der Waals surface area contributed by atoms with Crippen molar-refractivity contribution >= 4 is 21.8 Å². The van der Waals surface area contributed by atoms with Gasteiger partial charge in [0.25, 0.3) is 0 Å². The zero-order valence-corrected chi connectivity index (χ0v) is 13.6. The topological polar surface area (TPSA) is 41.1 Å². The van der Waals surface area contributed by atoms with E-state index in [1.54, 1.807) is 0 Å². The Kier molecular flexibility index (Phi) is 6.05. The van der Waals surface area contributed by atoms with E-state index >= 15 is 0 Å². The molecule has 0 bridgehead atoms. The second-order valence-electron chi connectivity index (χ2n) is 5.53. The molecule has 1 amide bonds. The average Bonchev–Trinajstić information content (AvgIpc) is 2.46. The van der Waals surface area contributed by atoms with Gasteiger partial charge in [-0.15, -0.1) is 0 Å². The van der Waals surface area contributed by atoms with Gasteiger partial charge in [0.2, 0.25) is 5.91 Å². The summed E-state index contributed by atoms with van der Waals surface area (Å²) in [4.78, 5) is 12.0. The number of aryl methyl sites for hydroxylation is 1. The van der Waals surface area contributed by atoms with Gasteiger partial charge in [0.05, 0.1) is 0 Å². The zero-order valence-electron chi connectivity index (χ0n) is 12.0. The number of carbonyl (C=O) groups excluding carboxylic acids is 1. The monoisotopic (exact) mass is 338 g/mol. The summed E-state index contributed by atoms with van der Waals surface area (Å²) in [6.07, 6.45) is 5.88. The van der Waals surface area contributed by atoms with Crippen LogP contribution in [0.5, 0.6) is 0 Å². The SMILES string of the molecule is CNC1CCC(NC(=O)CCc2cccc(Br)c2)CC1. The largest absolute Gasteiger partial charge is 0.353 e. The van der Waals surface area contributed by atoms with Crippen molar-refractivity contribution < 1.29 is 4.79 Å². The fourth-order valence-electron chi connectivity index (χ4n) is 2.78. The molecule has 2 N–H and O–H groups in total. The van der Waals surface area contributed by atoms with Crippen molar-refractivity contribution in [3.8, 4) is 0 Å². The molecule has 0 unspecified atom stereocenters. The molecule has 0 heterocycles. The van der Waals surface area contributed by atoms with Crippen LogP contribution in [0.25, 0.3) is 0 Å². The van der Waals surface area contributed by atoms with E-state index in [0.29, 0.717) is 18.5 Å². The number of amides is 1. The predicted octanol–water partition coefficient (Wildman–Crippen LogP) is 3.03. The number of benzene rings is 1. The Morgan fingerprint density at radius 3 is 2.60 bits per heavy atom. The molecule has 1 fully saturated rings. The van der Waals surface area contributed by atoms with Crippen LogP contribution in [0.1, 0.15) is 37.7 Å². The molecule has 0 aromatic heterocycles. The van der Waals surface area contributed by atoms with Crippen LogP contribution < -0.4 is 10.6 Å². The molecule has 110 valence electrons. The molecular weight excluding hydrogens is 316 g/mol. The minimum atomic E-state index is 0.179. The fraction of sp³-hybridized carbons (Fsp3) is 0.562. The van der Waals surface area contributed by atoms with E-state index in [1.165, 1.54) is 5.56 Å². The Bertz CT molecular complexity index is 442. The van der Waals surface area contributed by atoms with Crippen molar-refractivity contribution in [3.05, 3.63) is 34.3 Å². The second kappa shape index (κ2) is 7.79. The first-order chi connectivity index (χ1) is 9.67. The second-order valence-corrected chi connectivity index (χ2v) is 6.45. The summed E-state index contributed by atoms with van der Waals surface area (Å²) in [6, 6.07) is 9.15. The Morgan fingerprint density at radius 1 is 1.25 bits per heavy atom. The van der Waals surface area contributed by atoms with Gasteiger partial charge in [0, 0.05) is 23.0 Å². The van der Waals surface area contributed by atoms with Crippen LogP contribution >= 0.6 is 15.9 Å². The van der Waals surface area contributed by atoms with Crippen LogP contribution in [0, 0.1) is 0 Å². The molecule has 4 heteroatoms. The van der Waals surface area contributed by atoms with Crippen LogP contribution in [-0.2, 0) is 11.2 Å². The van der Waals surface area contributed by atoms with Gasteiger partial charge in [-0.25, -0.2) is 0 Å². The first-order valence-corrected chi connectivity index (χ1v) is 8.17. The molecule has 20 heavy (non-hydrogen) atoms. The van der Waals surface area contributed by atoms with E-state index in [0.717, 1.165) is 36.6 Å². The molecular formula is C16H23BrN2O. The first-order valence-electron chi connectivity index (χ1n) is 7.38. The normalized spacial score (nSPS) is 22.5. The summed E-state index contributed by atoms with van der Waals surface area (Å²) in [5.41, 5.74) is 1.20. The van der Waals surface area contributed by atoms with Crippen LogP contribution in [0.3, 0.4) is 0 Å². The molecule has 1 aliphatic rings. The molecule has 0 atom stereocenters. The third-order valence-corrected chi connectivity index (χ3v) is 4.52. The minimum Gasteiger partial charge on any atom is -0.353 e. The quantitative estimate of drug-likeness (QED) is 0.866. The zero-order chi connectivity index (χ0) is 14.4. The van der Waals surface area contributed by atoms with Crippen LogP contribution in [0.2, 0.25) is 0 Å². The molecule has 0 spiro atoms. The summed E-state index contributed by atoms with van der Waals surface area (Å²) in [7, 11) is 2.02. The van der Waals surface area contributed by atoms with Crippen molar-refractivity contribution in [3.63, 3.8) is 0 Å². The van der Waals surface area contributed by atoms with E-state index in [4.69, 9.17) is 0 Å². The fourth-order valence-corrected chi connectivity index (χ4v) is 3.22. The molecule has 3 nitrogen and oxygen atoms in total. The Balaban J connectivity index is 1.71. The first kappa shape index (κ1) is 15.5. The summed E-state index contributed by atoms with van der Waals surface area (Å²) in [5.74, 6) is 0.179. The van der Waals surface area contributed by atoms with Crippen LogP contribution in [0.4, 0.5) is 0 Å². The van der Waals surface area contributed by atoms with Gasteiger partial charge in [-0.2, -0.15) is 0 Å². The lowest BCUT2D eigenvalue weighted by atomic mass is 9.91. The highest BCUT2D eigenvalue weighted by Crippen LogP contribution is 2.18. The number of rotatable bonds is 5. The lowest BCUT2D eigenvalue weighted by molar-refractivity contribution is -0.122. The highest BCUT2D eigenvalue weighted by Gasteiger charge is 2.20. The molecule has 2 rings (SSSR count). The van der Waals surface area contributed by atoms with Crippen LogP contribution in [0.15, 0.2) is 28.7 Å². The van der Waals surface area contributed by atoms with E-state index in [-0.39, 0.29) is 5.91 Å².